The fourth-order valence-electron chi connectivity index (χ4n) is 8.72. The van der Waals surface area contributed by atoms with E-state index in [9.17, 15) is 9.90 Å². The molecule has 4 rings (SSSR count). The van der Waals surface area contributed by atoms with E-state index in [2.05, 4.69) is 54.6 Å². The lowest BCUT2D eigenvalue weighted by atomic mass is 9.43. The third kappa shape index (κ3) is 3.79. The van der Waals surface area contributed by atoms with E-state index in [1.54, 1.807) is 0 Å². The molecule has 0 radical (unpaired) electrons. The van der Waals surface area contributed by atoms with Crippen LogP contribution in [0.2, 0.25) is 18.1 Å². The molecule has 0 aromatic rings. The fourth-order valence-corrected chi connectivity index (χ4v) is 10.1. The summed E-state index contributed by atoms with van der Waals surface area (Å²) >= 11 is 0. The van der Waals surface area contributed by atoms with Gasteiger partial charge < -0.3 is 9.53 Å². The van der Waals surface area contributed by atoms with Crippen molar-refractivity contribution in [3.63, 3.8) is 0 Å². The molecule has 0 amide bonds. The average molecular weight is 463 g/mol. The maximum Gasteiger partial charge on any atom is 0.192 e. The zero-order valence-electron chi connectivity index (χ0n) is 22.4. The minimum Gasteiger partial charge on any atom is -0.414 e. The molecule has 1 unspecified atom stereocenters. The average Bonchev–Trinajstić information content (AvgIpc) is 2.99. The van der Waals surface area contributed by atoms with Gasteiger partial charge in [0.15, 0.2) is 8.32 Å². The first kappa shape index (κ1) is 24.9. The van der Waals surface area contributed by atoms with Crippen molar-refractivity contribution in [2.45, 2.75) is 130 Å². The number of rotatable bonds is 3. The molecule has 4 aliphatic carbocycles. The number of aliphatic hydroxyl groups is 1. The van der Waals surface area contributed by atoms with Gasteiger partial charge in [0, 0.05) is 12.0 Å². The van der Waals surface area contributed by atoms with Crippen LogP contribution >= 0.6 is 0 Å². The van der Waals surface area contributed by atoms with E-state index in [0.29, 0.717) is 34.9 Å². The van der Waals surface area contributed by atoms with E-state index < -0.39 is 13.9 Å². The summed E-state index contributed by atoms with van der Waals surface area (Å²) in [5, 5.41) is 11.2. The van der Waals surface area contributed by atoms with Crippen LogP contribution in [0.15, 0.2) is 0 Å². The van der Waals surface area contributed by atoms with Crippen molar-refractivity contribution < 1.29 is 14.3 Å². The zero-order chi connectivity index (χ0) is 23.9. The summed E-state index contributed by atoms with van der Waals surface area (Å²) in [5.74, 6) is 3.01. The Morgan fingerprint density at radius 2 is 1.59 bits per heavy atom. The highest BCUT2D eigenvalue weighted by Crippen LogP contribution is 2.68. The number of carbonyl (C=O) groups excluding carboxylic acids is 1. The molecule has 1 N–H and O–H groups in total. The van der Waals surface area contributed by atoms with Gasteiger partial charge in [-0.3, -0.25) is 4.79 Å². The van der Waals surface area contributed by atoms with Crippen LogP contribution in [0.25, 0.3) is 0 Å². The first-order valence-electron chi connectivity index (χ1n) is 13.4. The van der Waals surface area contributed by atoms with E-state index in [1.807, 2.05) is 6.92 Å². The summed E-state index contributed by atoms with van der Waals surface area (Å²) in [4.78, 5) is 12.6. The Bertz CT molecular complexity index is 752. The maximum absolute atomic E-state index is 12.6. The van der Waals surface area contributed by atoms with Crippen molar-refractivity contribution >= 4 is 14.1 Å². The van der Waals surface area contributed by atoms with Crippen molar-refractivity contribution in [3.05, 3.63) is 0 Å². The smallest absolute Gasteiger partial charge is 0.192 e. The van der Waals surface area contributed by atoms with Crippen LogP contribution in [0.3, 0.4) is 0 Å². The Balaban J connectivity index is 1.74. The van der Waals surface area contributed by atoms with Crippen molar-refractivity contribution in [2.24, 2.45) is 40.4 Å². The summed E-state index contributed by atoms with van der Waals surface area (Å²) < 4.78 is 7.30. The second-order valence-corrected chi connectivity index (χ2v) is 19.4. The Morgan fingerprint density at radius 3 is 2.19 bits per heavy atom. The van der Waals surface area contributed by atoms with Crippen molar-refractivity contribution in [2.75, 3.05) is 0 Å². The molecule has 0 aromatic heterocycles. The molecule has 184 valence electrons. The molecule has 4 aliphatic rings. The Hall–Kier alpha value is -0.193. The van der Waals surface area contributed by atoms with Gasteiger partial charge in [-0.05, 0) is 118 Å². The van der Waals surface area contributed by atoms with E-state index >= 15 is 0 Å². The SMILES string of the molecule is CC(=O)[C@H]1CC[C@H]2[C@@H]3C(O[Si](C)(C)C(C)(C)C)C[C@H]4C[C@](C)(O)CC[C@]4(C)[C@H]3CC[C@]12C. The molecule has 0 aliphatic heterocycles. The quantitative estimate of drug-likeness (QED) is 0.460. The van der Waals surface area contributed by atoms with E-state index in [4.69, 9.17) is 4.43 Å². The molecule has 0 heterocycles. The minimum absolute atomic E-state index is 0.144. The van der Waals surface area contributed by atoms with Gasteiger partial charge in [-0.15, -0.1) is 0 Å². The maximum atomic E-state index is 12.6. The second-order valence-electron chi connectivity index (χ2n) is 14.6. The van der Waals surface area contributed by atoms with Gasteiger partial charge in [-0.2, -0.15) is 0 Å². The number of Topliss-reactive ketones (excluding diaryl/α,β-unsaturated/α-hetero) is 1. The van der Waals surface area contributed by atoms with Crippen LogP contribution < -0.4 is 0 Å². The summed E-state index contributed by atoms with van der Waals surface area (Å²) in [6.07, 6.45) is 9.04. The zero-order valence-corrected chi connectivity index (χ0v) is 23.4. The van der Waals surface area contributed by atoms with Gasteiger partial charge >= 0.3 is 0 Å². The highest BCUT2D eigenvalue weighted by molar-refractivity contribution is 6.74. The van der Waals surface area contributed by atoms with Crippen LogP contribution in [0.1, 0.15) is 99.8 Å². The Labute approximate surface area is 198 Å². The fraction of sp³-hybridized carbons (Fsp3) is 0.964. The van der Waals surface area contributed by atoms with Crippen LogP contribution in [-0.4, -0.2) is 30.9 Å². The monoisotopic (exact) mass is 462 g/mol. The number of hydrogen-bond acceptors (Lipinski definition) is 3. The predicted molar refractivity (Wildman–Crippen MR) is 134 cm³/mol. The lowest BCUT2D eigenvalue weighted by molar-refractivity contribution is -0.182. The van der Waals surface area contributed by atoms with Crippen molar-refractivity contribution in [3.8, 4) is 0 Å². The van der Waals surface area contributed by atoms with Crippen LogP contribution in [0.4, 0.5) is 0 Å². The molecular formula is C28H50O3Si. The van der Waals surface area contributed by atoms with Gasteiger partial charge in [0.1, 0.15) is 5.78 Å². The number of carbonyl (C=O) groups is 1. The van der Waals surface area contributed by atoms with Crippen molar-refractivity contribution in [1.82, 2.24) is 0 Å². The molecule has 9 atom stereocenters. The Morgan fingerprint density at radius 1 is 0.969 bits per heavy atom. The molecule has 0 spiro atoms. The molecule has 0 aromatic carbocycles. The summed E-state index contributed by atoms with van der Waals surface area (Å²) in [7, 11) is -1.92. The number of hydrogen-bond donors (Lipinski definition) is 1. The van der Waals surface area contributed by atoms with Gasteiger partial charge in [0.25, 0.3) is 0 Å². The summed E-state index contributed by atoms with van der Waals surface area (Å²) in [5.41, 5.74) is -0.0873. The predicted octanol–water partition coefficient (Wildman–Crippen LogP) is 6.99. The summed E-state index contributed by atoms with van der Waals surface area (Å²) in [6.45, 7) is 20.7. The molecule has 4 fully saturated rings. The highest BCUT2D eigenvalue weighted by atomic mass is 28.4. The first-order valence-corrected chi connectivity index (χ1v) is 16.3. The highest BCUT2D eigenvalue weighted by Gasteiger charge is 2.64. The molecule has 3 nitrogen and oxygen atoms in total. The minimum atomic E-state index is -1.92. The van der Waals surface area contributed by atoms with Gasteiger partial charge in [0.2, 0.25) is 0 Å². The van der Waals surface area contributed by atoms with Gasteiger partial charge in [0.05, 0.1) is 5.60 Å². The summed E-state index contributed by atoms with van der Waals surface area (Å²) in [6, 6.07) is 0. The topological polar surface area (TPSA) is 46.5 Å². The van der Waals surface area contributed by atoms with Crippen LogP contribution in [-0.2, 0) is 9.22 Å². The first-order chi connectivity index (χ1) is 14.5. The Kier molecular flexibility index (Phi) is 5.96. The van der Waals surface area contributed by atoms with Crippen molar-refractivity contribution in [1.29, 1.82) is 0 Å². The molecule has 0 saturated heterocycles. The normalized spacial score (nSPS) is 49.2. The molecule has 0 bridgehead atoms. The van der Waals surface area contributed by atoms with Gasteiger partial charge in [-0.1, -0.05) is 34.6 Å². The van der Waals surface area contributed by atoms with Crippen LogP contribution in [0, 0.1) is 40.4 Å². The molecular weight excluding hydrogens is 412 g/mol. The van der Waals surface area contributed by atoms with Gasteiger partial charge in [-0.25, -0.2) is 0 Å². The lowest BCUT2D eigenvalue weighted by Gasteiger charge is -2.64. The molecule has 4 heteroatoms. The number of ketones is 1. The third-order valence-corrected chi connectivity index (χ3v) is 16.2. The van der Waals surface area contributed by atoms with E-state index in [0.717, 1.165) is 32.1 Å². The van der Waals surface area contributed by atoms with E-state index in [-0.39, 0.29) is 22.5 Å². The van der Waals surface area contributed by atoms with Crippen LogP contribution in [0.5, 0.6) is 0 Å². The molecule has 32 heavy (non-hydrogen) atoms. The third-order valence-electron chi connectivity index (χ3n) is 11.7. The largest absolute Gasteiger partial charge is 0.414 e. The lowest BCUT2D eigenvalue weighted by Crippen LogP contribution is -2.62. The standard InChI is InChI=1S/C28H50O3Si/c1-18(29)20-10-11-21-24-22(12-13-28(20,21)7)27(6)15-14-26(5,30)17-19(27)16-23(24)31-32(8,9)25(2,3)4/h19-24,30H,10-17H2,1-9H3/t19-,20+,21-,22-,23?,24-,26+,27-,28+/m0/s1. The second kappa shape index (κ2) is 7.65. The van der Waals surface area contributed by atoms with E-state index in [1.165, 1.54) is 19.3 Å². The molecule has 4 saturated carbocycles. The number of fused-ring (bicyclic) bond motifs is 5.